The van der Waals surface area contributed by atoms with Crippen LogP contribution < -0.4 is 10.1 Å². The molecule has 20 heavy (non-hydrogen) atoms. The van der Waals surface area contributed by atoms with Crippen molar-refractivity contribution in [3.05, 3.63) is 41.5 Å². The number of rotatable bonds is 6. The highest BCUT2D eigenvalue weighted by atomic mass is 16.5. The molecular formula is C14H17N3O3. The molecule has 0 fully saturated rings. The Balaban J connectivity index is 1.66. The first-order chi connectivity index (χ1) is 9.88. The predicted molar refractivity (Wildman–Crippen MR) is 71.7 cm³/mol. The standard InChI is InChI=1S/C14H17N3O3/c1-18-7-6-15-8-13-16-14(17-20-13)11-9-19-12-5-3-2-4-10(11)12/h2-5,11,15H,6-9H2,1H3. The van der Waals surface area contributed by atoms with Crippen LogP contribution in [0.5, 0.6) is 5.75 Å². The number of nitrogens with one attached hydrogen (secondary N) is 1. The average Bonchev–Trinajstić information content (AvgIpc) is 3.10. The molecule has 1 aromatic heterocycles. The van der Waals surface area contributed by atoms with Crippen LogP contribution in [0.3, 0.4) is 0 Å². The van der Waals surface area contributed by atoms with Crippen LogP contribution in [0.2, 0.25) is 0 Å². The highest BCUT2D eigenvalue weighted by molar-refractivity contribution is 5.42. The summed E-state index contributed by atoms with van der Waals surface area (Å²) in [7, 11) is 1.67. The molecule has 0 bridgehead atoms. The van der Waals surface area contributed by atoms with Gasteiger partial charge in [-0.05, 0) is 6.07 Å². The Morgan fingerprint density at radius 2 is 2.30 bits per heavy atom. The van der Waals surface area contributed by atoms with E-state index in [0.29, 0.717) is 31.5 Å². The van der Waals surface area contributed by atoms with Crippen molar-refractivity contribution in [1.29, 1.82) is 0 Å². The molecule has 6 heteroatoms. The van der Waals surface area contributed by atoms with E-state index in [2.05, 4.69) is 15.5 Å². The molecule has 1 atom stereocenters. The summed E-state index contributed by atoms with van der Waals surface area (Å²) in [5.74, 6) is 2.23. The van der Waals surface area contributed by atoms with Crippen LogP contribution in [0.15, 0.2) is 28.8 Å². The van der Waals surface area contributed by atoms with Gasteiger partial charge in [0, 0.05) is 19.2 Å². The molecule has 1 aliphatic heterocycles. The third-order valence-electron chi connectivity index (χ3n) is 3.25. The van der Waals surface area contributed by atoms with Crippen molar-refractivity contribution in [3.8, 4) is 5.75 Å². The molecule has 0 saturated heterocycles. The molecule has 2 heterocycles. The molecule has 0 saturated carbocycles. The first-order valence-electron chi connectivity index (χ1n) is 6.62. The molecule has 106 valence electrons. The molecular weight excluding hydrogens is 258 g/mol. The number of para-hydroxylation sites is 1. The van der Waals surface area contributed by atoms with E-state index in [1.807, 2.05) is 24.3 Å². The van der Waals surface area contributed by atoms with Gasteiger partial charge in [0.2, 0.25) is 5.89 Å². The summed E-state index contributed by atoms with van der Waals surface area (Å²) in [6, 6.07) is 7.96. The van der Waals surface area contributed by atoms with E-state index in [4.69, 9.17) is 14.0 Å². The first-order valence-corrected chi connectivity index (χ1v) is 6.62. The Kier molecular flexibility index (Phi) is 3.94. The fourth-order valence-electron chi connectivity index (χ4n) is 2.23. The predicted octanol–water partition coefficient (Wildman–Crippen LogP) is 1.33. The van der Waals surface area contributed by atoms with Crippen molar-refractivity contribution in [3.63, 3.8) is 0 Å². The lowest BCUT2D eigenvalue weighted by Crippen LogP contribution is -2.18. The SMILES string of the molecule is COCCNCc1nc(C2COc3ccccc32)no1. The number of methoxy groups -OCH3 is 1. The number of fused-ring (bicyclic) bond motifs is 1. The molecule has 0 amide bonds. The Morgan fingerprint density at radius 1 is 1.40 bits per heavy atom. The molecule has 1 unspecified atom stereocenters. The minimum Gasteiger partial charge on any atom is -0.492 e. The summed E-state index contributed by atoms with van der Waals surface area (Å²) in [5.41, 5.74) is 1.12. The smallest absolute Gasteiger partial charge is 0.240 e. The topological polar surface area (TPSA) is 69.4 Å². The van der Waals surface area contributed by atoms with E-state index in [1.54, 1.807) is 7.11 Å². The molecule has 1 N–H and O–H groups in total. The van der Waals surface area contributed by atoms with Crippen LogP contribution in [0.1, 0.15) is 23.2 Å². The van der Waals surface area contributed by atoms with Crippen LogP contribution >= 0.6 is 0 Å². The maximum Gasteiger partial charge on any atom is 0.240 e. The molecule has 3 rings (SSSR count). The number of benzene rings is 1. The lowest BCUT2D eigenvalue weighted by molar-refractivity contribution is 0.197. The Labute approximate surface area is 117 Å². The zero-order chi connectivity index (χ0) is 13.8. The lowest BCUT2D eigenvalue weighted by atomic mass is 10.0. The van der Waals surface area contributed by atoms with Crippen LogP contribution in [0.25, 0.3) is 0 Å². The van der Waals surface area contributed by atoms with Crippen LogP contribution in [-0.2, 0) is 11.3 Å². The Hall–Kier alpha value is -1.92. The zero-order valence-electron chi connectivity index (χ0n) is 11.3. The van der Waals surface area contributed by atoms with Crippen molar-refractivity contribution in [2.45, 2.75) is 12.5 Å². The lowest BCUT2D eigenvalue weighted by Gasteiger charge is -2.01. The van der Waals surface area contributed by atoms with E-state index in [9.17, 15) is 0 Å². The van der Waals surface area contributed by atoms with E-state index < -0.39 is 0 Å². The number of ether oxygens (including phenoxy) is 2. The Morgan fingerprint density at radius 3 is 3.20 bits per heavy atom. The molecule has 1 aliphatic rings. The van der Waals surface area contributed by atoms with Crippen molar-refractivity contribution in [2.24, 2.45) is 0 Å². The van der Waals surface area contributed by atoms with Gasteiger partial charge in [0.25, 0.3) is 0 Å². The highest BCUT2D eigenvalue weighted by Crippen LogP contribution is 2.36. The molecule has 0 aliphatic carbocycles. The van der Waals surface area contributed by atoms with Crippen LogP contribution in [0.4, 0.5) is 0 Å². The van der Waals surface area contributed by atoms with Crippen molar-refractivity contribution in [2.75, 3.05) is 26.9 Å². The minimum atomic E-state index is 0.0580. The van der Waals surface area contributed by atoms with E-state index in [-0.39, 0.29) is 5.92 Å². The summed E-state index contributed by atoms with van der Waals surface area (Å²) in [4.78, 5) is 4.43. The van der Waals surface area contributed by atoms with E-state index >= 15 is 0 Å². The maximum absolute atomic E-state index is 5.63. The summed E-state index contributed by atoms with van der Waals surface area (Å²) >= 11 is 0. The van der Waals surface area contributed by atoms with Crippen molar-refractivity contribution >= 4 is 0 Å². The number of nitrogens with zero attached hydrogens (tertiary/aromatic N) is 2. The second-order valence-electron chi connectivity index (χ2n) is 4.62. The molecule has 0 spiro atoms. The van der Waals surface area contributed by atoms with Gasteiger partial charge in [-0.3, -0.25) is 0 Å². The normalized spacial score (nSPS) is 16.9. The third-order valence-corrected chi connectivity index (χ3v) is 3.25. The quantitative estimate of drug-likeness (QED) is 0.802. The second-order valence-corrected chi connectivity index (χ2v) is 4.62. The summed E-state index contributed by atoms with van der Waals surface area (Å²) < 4.78 is 15.8. The fourth-order valence-corrected chi connectivity index (χ4v) is 2.23. The van der Waals surface area contributed by atoms with Gasteiger partial charge in [-0.1, -0.05) is 23.4 Å². The van der Waals surface area contributed by atoms with Gasteiger partial charge in [0.05, 0.1) is 19.1 Å². The molecule has 6 nitrogen and oxygen atoms in total. The van der Waals surface area contributed by atoms with Gasteiger partial charge in [0.15, 0.2) is 5.82 Å². The summed E-state index contributed by atoms with van der Waals surface area (Å²) in [5, 5.41) is 7.23. The highest BCUT2D eigenvalue weighted by Gasteiger charge is 2.29. The average molecular weight is 275 g/mol. The van der Waals surface area contributed by atoms with Gasteiger partial charge in [-0.25, -0.2) is 0 Å². The zero-order valence-corrected chi connectivity index (χ0v) is 11.3. The van der Waals surface area contributed by atoms with Gasteiger partial charge >= 0.3 is 0 Å². The molecule has 0 radical (unpaired) electrons. The molecule has 2 aromatic rings. The first kappa shape index (κ1) is 13.1. The third kappa shape index (κ3) is 2.66. The fraction of sp³-hybridized carbons (Fsp3) is 0.429. The van der Waals surface area contributed by atoms with E-state index in [1.165, 1.54) is 0 Å². The second kappa shape index (κ2) is 6.02. The summed E-state index contributed by atoms with van der Waals surface area (Å²) in [6.07, 6.45) is 0. The Bertz CT molecular complexity index is 570. The molecule has 1 aromatic carbocycles. The van der Waals surface area contributed by atoms with Crippen LogP contribution in [-0.4, -0.2) is 37.0 Å². The van der Waals surface area contributed by atoms with Gasteiger partial charge in [0.1, 0.15) is 12.4 Å². The largest absolute Gasteiger partial charge is 0.492 e. The van der Waals surface area contributed by atoms with Gasteiger partial charge < -0.3 is 19.3 Å². The minimum absolute atomic E-state index is 0.0580. The monoisotopic (exact) mass is 275 g/mol. The van der Waals surface area contributed by atoms with E-state index in [0.717, 1.165) is 17.9 Å². The van der Waals surface area contributed by atoms with Crippen LogP contribution in [0, 0.1) is 0 Å². The van der Waals surface area contributed by atoms with Gasteiger partial charge in [-0.15, -0.1) is 0 Å². The van der Waals surface area contributed by atoms with Crippen molar-refractivity contribution < 1.29 is 14.0 Å². The summed E-state index contributed by atoms with van der Waals surface area (Å²) in [6.45, 7) is 2.52. The number of aromatic nitrogens is 2. The number of hydrogen-bond donors (Lipinski definition) is 1. The number of hydrogen-bond acceptors (Lipinski definition) is 6. The maximum atomic E-state index is 5.63. The van der Waals surface area contributed by atoms with Crippen molar-refractivity contribution in [1.82, 2.24) is 15.5 Å². The van der Waals surface area contributed by atoms with Gasteiger partial charge in [-0.2, -0.15) is 4.98 Å².